The minimum absolute atomic E-state index is 0.632. The molecule has 98 valence electrons. The van der Waals surface area contributed by atoms with Crippen LogP contribution < -0.4 is 11.1 Å². The summed E-state index contributed by atoms with van der Waals surface area (Å²) in [5, 5.41) is 3.68. The van der Waals surface area contributed by atoms with Gasteiger partial charge in [-0.2, -0.15) is 0 Å². The Kier molecular flexibility index (Phi) is 3.64. The Morgan fingerprint density at radius 3 is 2.50 bits per heavy atom. The average Bonchev–Trinajstić information content (AvgIpc) is 3.16. The first-order valence-corrected chi connectivity index (χ1v) is 7.10. The quantitative estimate of drug-likeness (QED) is 0.825. The fraction of sp³-hybridized carbons (Fsp3) is 0.600. The van der Waals surface area contributed by atoms with Gasteiger partial charge in [0.2, 0.25) is 0 Å². The molecule has 1 aliphatic carbocycles. The van der Waals surface area contributed by atoms with Gasteiger partial charge in [0.1, 0.15) is 0 Å². The highest BCUT2D eigenvalue weighted by atomic mass is 15.2. The summed E-state index contributed by atoms with van der Waals surface area (Å²) >= 11 is 0. The molecule has 0 aromatic heterocycles. The number of nitrogens with zero attached hydrogens (tertiary/aromatic N) is 1. The standard InChI is InChI=1S/C15H23N3/c16-9-12-1-3-13(4-2-12)10-17-14-7-8-18(11-14)15-5-6-15/h1-4,14-15,17H,5-11,16H2. The minimum Gasteiger partial charge on any atom is -0.326 e. The van der Waals surface area contributed by atoms with Crippen LogP contribution in [0, 0.1) is 0 Å². The van der Waals surface area contributed by atoms with Crippen molar-refractivity contribution in [2.45, 2.75) is 44.4 Å². The monoisotopic (exact) mass is 245 g/mol. The maximum atomic E-state index is 5.60. The molecule has 1 aliphatic heterocycles. The van der Waals surface area contributed by atoms with Gasteiger partial charge in [0.05, 0.1) is 0 Å². The first kappa shape index (κ1) is 12.2. The topological polar surface area (TPSA) is 41.3 Å². The highest BCUT2D eigenvalue weighted by Crippen LogP contribution is 2.29. The molecular weight excluding hydrogens is 222 g/mol. The van der Waals surface area contributed by atoms with E-state index in [4.69, 9.17) is 5.73 Å². The van der Waals surface area contributed by atoms with Gasteiger partial charge in [-0.25, -0.2) is 0 Å². The van der Waals surface area contributed by atoms with Crippen LogP contribution in [0.4, 0.5) is 0 Å². The van der Waals surface area contributed by atoms with E-state index in [-0.39, 0.29) is 0 Å². The summed E-state index contributed by atoms with van der Waals surface area (Å²) < 4.78 is 0. The Bertz CT molecular complexity index is 383. The van der Waals surface area contributed by atoms with E-state index in [0.29, 0.717) is 12.6 Å². The van der Waals surface area contributed by atoms with Gasteiger partial charge in [-0.1, -0.05) is 24.3 Å². The smallest absolute Gasteiger partial charge is 0.0210 e. The fourth-order valence-electron chi connectivity index (χ4n) is 2.78. The van der Waals surface area contributed by atoms with Crippen molar-refractivity contribution in [3.05, 3.63) is 35.4 Å². The van der Waals surface area contributed by atoms with E-state index >= 15 is 0 Å². The zero-order valence-corrected chi connectivity index (χ0v) is 10.9. The third-order valence-electron chi connectivity index (χ3n) is 4.14. The molecule has 1 aromatic rings. The lowest BCUT2D eigenvalue weighted by atomic mass is 10.1. The fourth-order valence-corrected chi connectivity index (χ4v) is 2.78. The molecule has 3 N–H and O–H groups in total. The molecule has 1 saturated heterocycles. The highest BCUT2D eigenvalue weighted by molar-refractivity contribution is 5.22. The second-order valence-electron chi connectivity index (χ2n) is 5.61. The second kappa shape index (κ2) is 5.39. The molecule has 0 bridgehead atoms. The molecule has 3 nitrogen and oxygen atoms in total. The summed E-state index contributed by atoms with van der Waals surface area (Å²) in [7, 11) is 0. The number of likely N-dealkylation sites (tertiary alicyclic amines) is 1. The zero-order valence-electron chi connectivity index (χ0n) is 10.9. The Morgan fingerprint density at radius 1 is 1.11 bits per heavy atom. The molecule has 1 unspecified atom stereocenters. The number of benzene rings is 1. The van der Waals surface area contributed by atoms with Crippen molar-refractivity contribution in [3.63, 3.8) is 0 Å². The molecule has 18 heavy (non-hydrogen) atoms. The van der Waals surface area contributed by atoms with Crippen molar-refractivity contribution in [3.8, 4) is 0 Å². The molecule has 1 saturated carbocycles. The van der Waals surface area contributed by atoms with E-state index in [9.17, 15) is 0 Å². The van der Waals surface area contributed by atoms with Gasteiger partial charge in [-0.15, -0.1) is 0 Å². The minimum atomic E-state index is 0.632. The third kappa shape index (κ3) is 2.91. The van der Waals surface area contributed by atoms with E-state index in [2.05, 4.69) is 34.5 Å². The molecule has 0 amide bonds. The molecular formula is C15H23N3. The number of nitrogens with two attached hydrogens (primary N) is 1. The van der Waals surface area contributed by atoms with E-state index in [1.54, 1.807) is 0 Å². The number of hydrogen-bond donors (Lipinski definition) is 2. The molecule has 1 aromatic carbocycles. The summed E-state index contributed by atoms with van der Waals surface area (Å²) in [6.07, 6.45) is 4.15. The van der Waals surface area contributed by atoms with Crippen LogP contribution in [0.1, 0.15) is 30.4 Å². The highest BCUT2D eigenvalue weighted by Gasteiger charge is 2.33. The van der Waals surface area contributed by atoms with Crippen LogP contribution in [-0.4, -0.2) is 30.1 Å². The van der Waals surface area contributed by atoms with Crippen LogP contribution in [0.25, 0.3) is 0 Å². The predicted octanol–water partition coefficient (Wildman–Crippen LogP) is 1.47. The molecule has 0 spiro atoms. The lowest BCUT2D eigenvalue weighted by Crippen LogP contribution is -2.32. The first-order valence-electron chi connectivity index (χ1n) is 7.10. The molecule has 1 atom stereocenters. The summed E-state index contributed by atoms with van der Waals surface area (Å²) in [6.45, 7) is 4.14. The summed E-state index contributed by atoms with van der Waals surface area (Å²) in [5.41, 5.74) is 8.17. The van der Waals surface area contributed by atoms with Gasteiger partial charge < -0.3 is 11.1 Å². The van der Waals surface area contributed by atoms with Crippen molar-refractivity contribution in [2.24, 2.45) is 5.73 Å². The van der Waals surface area contributed by atoms with E-state index < -0.39 is 0 Å². The molecule has 2 aliphatic rings. The van der Waals surface area contributed by atoms with Gasteiger partial charge in [-0.3, -0.25) is 4.90 Å². The largest absolute Gasteiger partial charge is 0.326 e. The van der Waals surface area contributed by atoms with Gasteiger partial charge in [0.25, 0.3) is 0 Å². The number of nitrogens with one attached hydrogen (secondary N) is 1. The predicted molar refractivity (Wildman–Crippen MR) is 74.2 cm³/mol. The molecule has 3 heteroatoms. The Balaban J connectivity index is 1.45. The van der Waals surface area contributed by atoms with E-state index in [0.717, 1.165) is 12.6 Å². The van der Waals surface area contributed by atoms with Crippen LogP contribution in [0.15, 0.2) is 24.3 Å². The van der Waals surface area contributed by atoms with Crippen molar-refractivity contribution >= 4 is 0 Å². The SMILES string of the molecule is NCc1ccc(CNC2CCN(C3CC3)C2)cc1. The van der Waals surface area contributed by atoms with Gasteiger partial charge >= 0.3 is 0 Å². The maximum absolute atomic E-state index is 5.60. The van der Waals surface area contributed by atoms with Crippen LogP contribution in [0.5, 0.6) is 0 Å². The zero-order chi connectivity index (χ0) is 12.4. The van der Waals surface area contributed by atoms with Crippen molar-refractivity contribution in [1.29, 1.82) is 0 Å². The second-order valence-corrected chi connectivity index (χ2v) is 5.61. The van der Waals surface area contributed by atoms with E-state index in [1.807, 2.05) is 0 Å². The third-order valence-corrected chi connectivity index (χ3v) is 4.14. The van der Waals surface area contributed by atoms with E-state index in [1.165, 1.54) is 43.5 Å². The Morgan fingerprint density at radius 2 is 1.83 bits per heavy atom. The van der Waals surface area contributed by atoms with Crippen LogP contribution in [0.3, 0.4) is 0 Å². The van der Waals surface area contributed by atoms with Crippen LogP contribution >= 0.6 is 0 Å². The lowest BCUT2D eigenvalue weighted by Gasteiger charge is -2.15. The van der Waals surface area contributed by atoms with Gasteiger partial charge in [0, 0.05) is 38.3 Å². The summed E-state index contributed by atoms with van der Waals surface area (Å²) in [4.78, 5) is 2.65. The molecule has 2 fully saturated rings. The summed E-state index contributed by atoms with van der Waals surface area (Å²) in [5.74, 6) is 0. The molecule has 0 radical (unpaired) electrons. The Hall–Kier alpha value is -0.900. The molecule has 3 rings (SSSR count). The lowest BCUT2D eigenvalue weighted by molar-refractivity contribution is 0.317. The van der Waals surface area contributed by atoms with Crippen molar-refractivity contribution in [2.75, 3.05) is 13.1 Å². The maximum Gasteiger partial charge on any atom is 0.0210 e. The average molecular weight is 245 g/mol. The van der Waals surface area contributed by atoms with Gasteiger partial charge in [-0.05, 0) is 30.4 Å². The first-order chi connectivity index (χ1) is 8.85. The van der Waals surface area contributed by atoms with Crippen molar-refractivity contribution in [1.82, 2.24) is 10.2 Å². The molecule has 1 heterocycles. The number of rotatable bonds is 5. The van der Waals surface area contributed by atoms with Crippen LogP contribution in [0.2, 0.25) is 0 Å². The summed E-state index contributed by atoms with van der Waals surface area (Å²) in [6, 6.07) is 10.2. The van der Waals surface area contributed by atoms with Gasteiger partial charge in [0.15, 0.2) is 0 Å². The van der Waals surface area contributed by atoms with Crippen LogP contribution in [-0.2, 0) is 13.1 Å². The normalized spacial score (nSPS) is 24.6. The number of hydrogen-bond acceptors (Lipinski definition) is 3. The van der Waals surface area contributed by atoms with Crippen molar-refractivity contribution < 1.29 is 0 Å². The Labute approximate surface area is 109 Å².